The van der Waals surface area contributed by atoms with Crippen molar-refractivity contribution in [3.8, 4) is 5.69 Å². The number of alkyl halides is 3. The molecule has 2 aromatic heterocycles. The largest absolute Gasteiger partial charge is 0.417 e. The second kappa shape index (κ2) is 9.57. The van der Waals surface area contributed by atoms with E-state index in [2.05, 4.69) is 10.3 Å². The Hall–Kier alpha value is -3.60. The summed E-state index contributed by atoms with van der Waals surface area (Å²) in [7, 11) is 1.76. The van der Waals surface area contributed by atoms with Gasteiger partial charge in [0.15, 0.2) is 0 Å². The van der Waals surface area contributed by atoms with Crippen molar-refractivity contribution in [1.82, 2.24) is 19.2 Å². The number of nitrogens with zero attached hydrogens (tertiary/aromatic N) is 5. The molecule has 0 saturated carbocycles. The van der Waals surface area contributed by atoms with Crippen molar-refractivity contribution in [2.24, 2.45) is 7.05 Å². The first-order chi connectivity index (χ1) is 16.6. The second-order valence-electron chi connectivity index (χ2n) is 8.53. The van der Waals surface area contributed by atoms with Gasteiger partial charge >= 0.3 is 6.18 Å². The molecule has 35 heavy (non-hydrogen) atoms. The van der Waals surface area contributed by atoms with Crippen LogP contribution < -0.4 is 15.8 Å². The molecule has 0 aliphatic carbocycles. The van der Waals surface area contributed by atoms with Crippen molar-refractivity contribution in [2.45, 2.75) is 26.1 Å². The normalized spacial score (nSPS) is 15.8. The molecule has 1 atom stereocenters. The Bertz CT molecular complexity index is 1240. The van der Waals surface area contributed by atoms with Gasteiger partial charge in [-0.25, -0.2) is 9.67 Å². The Balaban J connectivity index is 1.40. The van der Waals surface area contributed by atoms with E-state index in [1.54, 1.807) is 25.6 Å². The van der Waals surface area contributed by atoms with Crippen LogP contribution in [0.15, 0.2) is 53.5 Å². The van der Waals surface area contributed by atoms with Gasteiger partial charge in [0.25, 0.3) is 5.56 Å². The number of piperazine rings is 1. The maximum atomic E-state index is 13.1. The van der Waals surface area contributed by atoms with Gasteiger partial charge in [-0.1, -0.05) is 18.2 Å². The summed E-state index contributed by atoms with van der Waals surface area (Å²) < 4.78 is 41.5. The van der Waals surface area contributed by atoms with E-state index >= 15 is 0 Å². The number of nitrogens with one attached hydrogen (secondary N) is 1. The summed E-state index contributed by atoms with van der Waals surface area (Å²) in [6.45, 7) is 5.63. The summed E-state index contributed by atoms with van der Waals surface area (Å²) >= 11 is 0. The zero-order valence-electron chi connectivity index (χ0n) is 19.7. The lowest BCUT2D eigenvalue weighted by molar-refractivity contribution is -0.137. The van der Waals surface area contributed by atoms with Crippen molar-refractivity contribution in [3.05, 3.63) is 70.3 Å². The van der Waals surface area contributed by atoms with Gasteiger partial charge in [-0.3, -0.25) is 19.2 Å². The maximum Gasteiger partial charge on any atom is 0.417 e. The van der Waals surface area contributed by atoms with E-state index in [4.69, 9.17) is 0 Å². The smallest absolute Gasteiger partial charge is 0.354 e. The van der Waals surface area contributed by atoms with Crippen LogP contribution in [0.2, 0.25) is 0 Å². The number of carbonyl (C=O) groups is 1. The Labute approximate surface area is 200 Å². The van der Waals surface area contributed by atoms with Crippen molar-refractivity contribution in [1.29, 1.82) is 0 Å². The van der Waals surface area contributed by atoms with Crippen LogP contribution in [0, 0.1) is 6.92 Å². The van der Waals surface area contributed by atoms with E-state index in [-0.39, 0.29) is 17.2 Å². The predicted molar refractivity (Wildman–Crippen MR) is 127 cm³/mol. The van der Waals surface area contributed by atoms with Crippen LogP contribution in [-0.2, 0) is 18.0 Å². The minimum absolute atomic E-state index is 0.237. The van der Waals surface area contributed by atoms with Crippen LogP contribution >= 0.6 is 0 Å². The molecule has 11 heteroatoms. The highest BCUT2D eigenvalue weighted by atomic mass is 19.4. The molecule has 3 heterocycles. The molecule has 4 rings (SSSR count). The quantitative estimate of drug-likeness (QED) is 0.598. The molecule has 0 unspecified atom stereocenters. The molecule has 186 valence electrons. The van der Waals surface area contributed by atoms with Gasteiger partial charge in [0.05, 0.1) is 23.0 Å². The number of amides is 1. The van der Waals surface area contributed by atoms with Crippen LogP contribution in [0.3, 0.4) is 0 Å². The fraction of sp³-hybridized carbons (Fsp3) is 0.375. The lowest BCUT2D eigenvalue weighted by Gasteiger charge is -2.38. The number of halogens is 3. The molecule has 1 N–H and O–H groups in total. The molecule has 1 amide bonds. The van der Waals surface area contributed by atoms with E-state index in [0.717, 1.165) is 12.3 Å². The molecule has 0 bridgehead atoms. The number of aromatic nitrogens is 3. The zero-order valence-corrected chi connectivity index (χ0v) is 19.7. The number of benzene rings is 1. The van der Waals surface area contributed by atoms with Crippen LogP contribution in [0.4, 0.5) is 24.7 Å². The number of carbonyl (C=O) groups excluding carboxylic acids is 1. The molecular weight excluding hydrogens is 461 g/mol. The van der Waals surface area contributed by atoms with Gasteiger partial charge in [-0.15, -0.1) is 0 Å². The van der Waals surface area contributed by atoms with Crippen molar-refractivity contribution in [3.63, 3.8) is 0 Å². The van der Waals surface area contributed by atoms with E-state index in [9.17, 15) is 22.8 Å². The summed E-state index contributed by atoms with van der Waals surface area (Å²) in [6.07, 6.45) is -3.59. The Morgan fingerprint density at radius 3 is 2.29 bits per heavy atom. The summed E-state index contributed by atoms with van der Waals surface area (Å²) in [5.74, 6) is 0.174. The highest BCUT2D eigenvalue weighted by Gasteiger charge is 2.32. The fourth-order valence-corrected chi connectivity index (χ4v) is 4.18. The van der Waals surface area contributed by atoms with E-state index in [1.165, 1.54) is 10.7 Å². The van der Waals surface area contributed by atoms with Crippen molar-refractivity contribution in [2.75, 3.05) is 36.4 Å². The number of para-hydroxylation sites is 1. The van der Waals surface area contributed by atoms with Gasteiger partial charge < -0.3 is 10.2 Å². The standard InChI is InChI=1S/C24H27F3N6O2/c1-16-21(23(35)33(30(16)3)19-7-5-4-6-8-19)29-22(34)17(2)31-11-13-32(14-12-31)20-10-9-18(15-28-20)24(25,26)27/h4-10,15,17H,11-14H2,1-3H3,(H,29,34)/t17-/m1/s1. The molecule has 3 aromatic rings. The Morgan fingerprint density at radius 2 is 1.71 bits per heavy atom. The third-order valence-electron chi connectivity index (χ3n) is 6.44. The molecule has 8 nitrogen and oxygen atoms in total. The first kappa shape index (κ1) is 24.5. The van der Waals surface area contributed by atoms with Crippen LogP contribution in [-0.4, -0.2) is 57.4 Å². The lowest BCUT2D eigenvalue weighted by Crippen LogP contribution is -2.53. The van der Waals surface area contributed by atoms with Gasteiger partial charge in [-0.05, 0) is 38.1 Å². The lowest BCUT2D eigenvalue weighted by atomic mass is 10.2. The summed E-state index contributed by atoms with van der Waals surface area (Å²) in [5, 5.41) is 2.80. The molecule has 1 aliphatic heterocycles. The molecule has 1 aliphatic rings. The SMILES string of the molecule is Cc1c(NC(=O)[C@@H](C)N2CCN(c3ccc(C(F)(F)F)cn3)CC2)c(=O)n(-c2ccccc2)n1C. The Kier molecular flexibility index (Phi) is 6.70. The average molecular weight is 489 g/mol. The zero-order chi connectivity index (χ0) is 25.3. The van der Waals surface area contributed by atoms with E-state index in [1.807, 2.05) is 40.1 Å². The summed E-state index contributed by atoms with van der Waals surface area (Å²) in [6, 6.07) is 11.1. The predicted octanol–water partition coefficient (Wildman–Crippen LogP) is 3.05. The van der Waals surface area contributed by atoms with Crippen LogP contribution in [0.1, 0.15) is 18.2 Å². The Morgan fingerprint density at radius 1 is 1.06 bits per heavy atom. The second-order valence-corrected chi connectivity index (χ2v) is 8.53. The first-order valence-electron chi connectivity index (χ1n) is 11.2. The molecule has 0 radical (unpaired) electrons. The molecule has 1 aromatic carbocycles. The van der Waals surface area contributed by atoms with Crippen LogP contribution in [0.5, 0.6) is 0 Å². The number of pyridine rings is 1. The highest BCUT2D eigenvalue weighted by molar-refractivity contribution is 5.95. The number of anilines is 2. The van der Waals surface area contributed by atoms with Gasteiger partial charge in [0.1, 0.15) is 11.5 Å². The third-order valence-corrected chi connectivity index (χ3v) is 6.44. The minimum Gasteiger partial charge on any atom is -0.354 e. The van der Waals surface area contributed by atoms with Gasteiger partial charge in [-0.2, -0.15) is 13.2 Å². The first-order valence-corrected chi connectivity index (χ1v) is 11.2. The molecular formula is C24H27F3N6O2. The number of rotatable bonds is 5. The molecule has 1 saturated heterocycles. The summed E-state index contributed by atoms with van der Waals surface area (Å²) in [5.41, 5.74) is 0.477. The highest BCUT2D eigenvalue weighted by Crippen LogP contribution is 2.29. The minimum atomic E-state index is -4.42. The molecule has 1 fully saturated rings. The van der Waals surface area contributed by atoms with Crippen molar-refractivity contribution >= 4 is 17.4 Å². The van der Waals surface area contributed by atoms with Crippen LogP contribution in [0.25, 0.3) is 5.69 Å². The van der Waals surface area contributed by atoms with E-state index in [0.29, 0.717) is 43.4 Å². The number of hydrogen-bond donors (Lipinski definition) is 1. The van der Waals surface area contributed by atoms with Crippen molar-refractivity contribution < 1.29 is 18.0 Å². The third kappa shape index (κ3) is 4.95. The fourth-order valence-electron chi connectivity index (χ4n) is 4.18. The average Bonchev–Trinajstić information content (AvgIpc) is 3.06. The number of hydrogen-bond acceptors (Lipinski definition) is 5. The monoisotopic (exact) mass is 488 g/mol. The van der Waals surface area contributed by atoms with E-state index < -0.39 is 17.8 Å². The van der Waals surface area contributed by atoms with Gasteiger partial charge in [0, 0.05) is 39.4 Å². The maximum absolute atomic E-state index is 13.1. The van der Waals surface area contributed by atoms with Gasteiger partial charge in [0.2, 0.25) is 5.91 Å². The summed E-state index contributed by atoms with van der Waals surface area (Å²) in [4.78, 5) is 33.9. The molecule has 0 spiro atoms. The topological polar surface area (TPSA) is 75.4 Å².